The fourth-order valence-corrected chi connectivity index (χ4v) is 2.49. The van der Waals surface area contributed by atoms with E-state index in [-0.39, 0.29) is 17.6 Å². The molecule has 0 fully saturated rings. The van der Waals surface area contributed by atoms with Crippen LogP contribution in [0.3, 0.4) is 0 Å². The lowest BCUT2D eigenvalue weighted by Crippen LogP contribution is -2.35. The Morgan fingerprint density at radius 2 is 1.75 bits per heavy atom. The number of rotatable bonds is 5. The third-order valence-corrected chi connectivity index (χ3v) is 3.50. The molecule has 106 valence electrons. The van der Waals surface area contributed by atoms with E-state index >= 15 is 0 Å². The van der Waals surface area contributed by atoms with E-state index in [0.717, 1.165) is 18.5 Å². The molecule has 3 heteroatoms. The van der Waals surface area contributed by atoms with Crippen LogP contribution in [0.2, 0.25) is 0 Å². The van der Waals surface area contributed by atoms with Gasteiger partial charge in [0.2, 0.25) is 0 Å². The molecular weight excluding hydrogens is 253 g/mol. The fraction of sp³-hybridized carbons (Fsp3) is 0.294. The molecule has 0 aromatic heterocycles. The number of phenolic OH excluding ortho intramolecular Hbond substituents is 1. The summed E-state index contributed by atoms with van der Waals surface area (Å²) in [6, 6.07) is 14.2. The third kappa shape index (κ3) is 3.29. The average Bonchev–Trinajstić information content (AvgIpc) is 2.44. The molecule has 2 aromatic rings. The van der Waals surface area contributed by atoms with Gasteiger partial charge in [0.1, 0.15) is 11.6 Å². The first-order chi connectivity index (χ1) is 9.61. The molecule has 1 unspecified atom stereocenters. The molecule has 0 aliphatic carbocycles. The predicted molar refractivity (Wildman–Crippen MR) is 80.7 cm³/mol. The third-order valence-electron chi connectivity index (χ3n) is 3.50. The van der Waals surface area contributed by atoms with Gasteiger partial charge in [-0.2, -0.15) is 0 Å². The molecule has 2 rings (SSSR count). The molecule has 2 nitrogen and oxygen atoms in total. The maximum atomic E-state index is 13.9. The van der Waals surface area contributed by atoms with Crippen LogP contribution in [0.25, 0.3) is 0 Å². The molecule has 0 radical (unpaired) electrons. The number of benzene rings is 2. The standard InChI is InChI=1S/C17H20FNO/c1-3-19(17-7-5-4-6-16(17)18)13(2)12-14-8-10-15(20)11-9-14/h4-11,13,20H,3,12H2,1-2H3. The van der Waals surface area contributed by atoms with E-state index in [1.807, 2.05) is 31.2 Å². The lowest BCUT2D eigenvalue weighted by molar-refractivity contribution is 0.475. The van der Waals surface area contributed by atoms with Crippen molar-refractivity contribution in [1.82, 2.24) is 0 Å². The first-order valence-corrected chi connectivity index (χ1v) is 6.91. The van der Waals surface area contributed by atoms with Crippen molar-refractivity contribution < 1.29 is 9.50 Å². The lowest BCUT2D eigenvalue weighted by atomic mass is 10.0. The summed E-state index contributed by atoms with van der Waals surface area (Å²) < 4.78 is 13.9. The highest BCUT2D eigenvalue weighted by atomic mass is 19.1. The number of hydrogen-bond donors (Lipinski definition) is 1. The fourth-order valence-electron chi connectivity index (χ4n) is 2.49. The molecule has 0 amide bonds. The summed E-state index contributed by atoms with van der Waals surface area (Å²) in [6.07, 6.45) is 0.808. The summed E-state index contributed by atoms with van der Waals surface area (Å²) in [5.41, 5.74) is 1.77. The first-order valence-electron chi connectivity index (χ1n) is 6.91. The SMILES string of the molecule is CCN(c1ccccc1F)C(C)Cc1ccc(O)cc1. The molecule has 0 spiro atoms. The molecule has 0 aliphatic rings. The summed E-state index contributed by atoms with van der Waals surface area (Å²) in [4.78, 5) is 2.06. The number of para-hydroxylation sites is 1. The van der Waals surface area contributed by atoms with Crippen molar-refractivity contribution in [3.05, 3.63) is 59.9 Å². The summed E-state index contributed by atoms with van der Waals surface area (Å²) in [5.74, 6) is 0.0785. The van der Waals surface area contributed by atoms with Gasteiger partial charge in [0.15, 0.2) is 0 Å². The van der Waals surface area contributed by atoms with Gasteiger partial charge in [-0.3, -0.25) is 0 Å². The molecule has 1 atom stereocenters. The Morgan fingerprint density at radius 1 is 1.10 bits per heavy atom. The predicted octanol–water partition coefficient (Wildman–Crippen LogP) is 3.99. The number of likely N-dealkylation sites (N-methyl/N-ethyl adjacent to an activating group) is 1. The second-order valence-electron chi connectivity index (χ2n) is 4.96. The van der Waals surface area contributed by atoms with Crippen molar-refractivity contribution >= 4 is 5.69 Å². The van der Waals surface area contributed by atoms with E-state index in [2.05, 4.69) is 11.8 Å². The minimum atomic E-state index is -0.188. The molecule has 0 aliphatic heterocycles. The van der Waals surface area contributed by atoms with E-state index in [4.69, 9.17) is 0 Å². The summed E-state index contributed by atoms with van der Waals surface area (Å²) in [5, 5.41) is 9.30. The second kappa shape index (κ2) is 6.42. The van der Waals surface area contributed by atoms with Gasteiger partial charge in [-0.25, -0.2) is 4.39 Å². The number of nitrogens with zero attached hydrogens (tertiary/aromatic N) is 1. The zero-order chi connectivity index (χ0) is 14.5. The zero-order valence-electron chi connectivity index (χ0n) is 11.9. The maximum absolute atomic E-state index is 13.9. The number of anilines is 1. The monoisotopic (exact) mass is 273 g/mol. The summed E-state index contributed by atoms with van der Waals surface area (Å²) in [6.45, 7) is 4.86. The first kappa shape index (κ1) is 14.4. The minimum Gasteiger partial charge on any atom is -0.508 e. The Kier molecular flexibility index (Phi) is 4.61. The maximum Gasteiger partial charge on any atom is 0.146 e. The molecular formula is C17H20FNO. The van der Waals surface area contributed by atoms with Crippen LogP contribution in [0.5, 0.6) is 5.75 Å². The quantitative estimate of drug-likeness (QED) is 0.890. The Balaban J connectivity index is 2.15. The Bertz CT molecular complexity index is 553. The zero-order valence-corrected chi connectivity index (χ0v) is 11.9. The van der Waals surface area contributed by atoms with Crippen LogP contribution in [0.1, 0.15) is 19.4 Å². The van der Waals surface area contributed by atoms with Crippen molar-refractivity contribution in [3.8, 4) is 5.75 Å². The van der Waals surface area contributed by atoms with Crippen LogP contribution in [0, 0.1) is 5.82 Å². The average molecular weight is 273 g/mol. The van der Waals surface area contributed by atoms with Gasteiger partial charge in [0.25, 0.3) is 0 Å². The van der Waals surface area contributed by atoms with Crippen LogP contribution in [-0.4, -0.2) is 17.7 Å². The summed E-state index contributed by atoms with van der Waals surface area (Å²) in [7, 11) is 0. The number of aromatic hydroxyl groups is 1. The summed E-state index contributed by atoms with van der Waals surface area (Å²) >= 11 is 0. The Labute approximate surface area is 119 Å². The highest BCUT2D eigenvalue weighted by Crippen LogP contribution is 2.22. The molecule has 1 N–H and O–H groups in total. The van der Waals surface area contributed by atoms with Gasteiger partial charge in [-0.05, 0) is 50.1 Å². The lowest BCUT2D eigenvalue weighted by Gasteiger charge is -2.30. The molecule has 0 heterocycles. The molecule has 0 saturated carbocycles. The molecule has 2 aromatic carbocycles. The van der Waals surface area contributed by atoms with Gasteiger partial charge in [0, 0.05) is 12.6 Å². The molecule has 20 heavy (non-hydrogen) atoms. The van der Waals surface area contributed by atoms with Crippen molar-refractivity contribution in [2.75, 3.05) is 11.4 Å². The highest BCUT2D eigenvalue weighted by Gasteiger charge is 2.16. The number of halogens is 1. The van der Waals surface area contributed by atoms with Crippen molar-refractivity contribution in [3.63, 3.8) is 0 Å². The van der Waals surface area contributed by atoms with Crippen LogP contribution in [0.15, 0.2) is 48.5 Å². The molecule has 0 saturated heterocycles. The van der Waals surface area contributed by atoms with Gasteiger partial charge in [0.05, 0.1) is 5.69 Å². The minimum absolute atomic E-state index is 0.182. The van der Waals surface area contributed by atoms with Gasteiger partial charge in [-0.1, -0.05) is 24.3 Å². The Hall–Kier alpha value is -2.03. The van der Waals surface area contributed by atoms with E-state index in [1.165, 1.54) is 6.07 Å². The van der Waals surface area contributed by atoms with E-state index < -0.39 is 0 Å². The largest absolute Gasteiger partial charge is 0.508 e. The smallest absolute Gasteiger partial charge is 0.146 e. The second-order valence-corrected chi connectivity index (χ2v) is 4.96. The topological polar surface area (TPSA) is 23.5 Å². The normalized spacial score (nSPS) is 12.2. The van der Waals surface area contributed by atoms with Crippen molar-refractivity contribution in [2.24, 2.45) is 0 Å². The number of phenols is 1. The van der Waals surface area contributed by atoms with Crippen molar-refractivity contribution in [2.45, 2.75) is 26.3 Å². The van der Waals surface area contributed by atoms with Gasteiger partial charge in [-0.15, -0.1) is 0 Å². The van der Waals surface area contributed by atoms with E-state index in [1.54, 1.807) is 18.2 Å². The van der Waals surface area contributed by atoms with Crippen LogP contribution in [0.4, 0.5) is 10.1 Å². The number of hydrogen-bond acceptors (Lipinski definition) is 2. The van der Waals surface area contributed by atoms with Crippen LogP contribution < -0.4 is 4.90 Å². The van der Waals surface area contributed by atoms with E-state index in [0.29, 0.717) is 5.69 Å². The van der Waals surface area contributed by atoms with Gasteiger partial charge >= 0.3 is 0 Å². The van der Waals surface area contributed by atoms with Crippen LogP contribution in [-0.2, 0) is 6.42 Å². The van der Waals surface area contributed by atoms with E-state index in [9.17, 15) is 9.50 Å². The van der Waals surface area contributed by atoms with Crippen molar-refractivity contribution in [1.29, 1.82) is 0 Å². The Morgan fingerprint density at radius 3 is 2.35 bits per heavy atom. The highest BCUT2D eigenvalue weighted by molar-refractivity contribution is 5.48. The van der Waals surface area contributed by atoms with Crippen LogP contribution >= 0.6 is 0 Å². The molecule has 0 bridgehead atoms. The van der Waals surface area contributed by atoms with Gasteiger partial charge < -0.3 is 10.0 Å².